The zero-order valence-electron chi connectivity index (χ0n) is 16.2. The maximum absolute atomic E-state index is 12.5. The van der Waals surface area contributed by atoms with Gasteiger partial charge in [0.05, 0.1) is 16.7 Å². The summed E-state index contributed by atoms with van der Waals surface area (Å²) in [6, 6.07) is 29.5. The Balaban J connectivity index is 1.83. The van der Waals surface area contributed by atoms with Crippen molar-refractivity contribution >= 4 is 23.6 Å². The molecular formula is C24H22N2O3S. The van der Waals surface area contributed by atoms with Crippen molar-refractivity contribution in [1.29, 1.82) is 0 Å². The number of carboxylic acids is 1. The van der Waals surface area contributed by atoms with Gasteiger partial charge < -0.3 is 10.4 Å². The molecule has 5 nitrogen and oxygen atoms in total. The maximum Gasteiger partial charge on any atom is 0.313 e. The number of thioether (sulfide) groups is 1. The third-order valence-electron chi connectivity index (χ3n) is 5.25. The lowest BCUT2D eigenvalue weighted by Crippen LogP contribution is -2.70. The van der Waals surface area contributed by atoms with E-state index in [-0.39, 0.29) is 17.0 Å². The van der Waals surface area contributed by atoms with Crippen LogP contribution in [-0.4, -0.2) is 34.2 Å². The molecule has 30 heavy (non-hydrogen) atoms. The maximum atomic E-state index is 12.5. The molecule has 0 spiro atoms. The summed E-state index contributed by atoms with van der Waals surface area (Å²) in [5.74, 6) is -1.11. The van der Waals surface area contributed by atoms with Gasteiger partial charge in [0.2, 0.25) is 5.91 Å². The molecule has 2 atom stereocenters. The highest BCUT2D eigenvalue weighted by molar-refractivity contribution is 8.00. The second kappa shape index (κ2) is 8.73. The van der Waals surface area contributed by atoms with Gasteiger partial charge in [-0.25, -0.2) is 0 Å². The number of carbonyl (C=O) groups is 2. The van der Waals surface area contributed by atoms with Gasteiger partial charge in [-0.2, -0.15) is 0 Å². The molecule has 0 unspecified atom stereocenters. The van der Waals surface area contributed by atoms with Crippen LogP contribution in [0.1, 0.15) is 16.7 Å². The summed E-state index contributed by atoms with van der Waals surface area (Å²) in [5.41, 5.74) is 2.24. The van der Waals surface area contributed by atoms with E-state index < -0.39 is 17.6 Å². The predicted octanol–water partition coefficient (Wildman–Crippen LogP) is 3.21. The van der Waals surface area contributed by atoms with E-state index in [1.165, 1.54) is 11.8 Å². The molecule has 1 aliphatic heterocycles. The molecule has 0 radical (unpaired) electrons. The first-order valence-electron chi connectivity index (χ1n) is 9.69. The van der Waals surface area contributed by atoms with Crippen LogP contribution in [0.25, 0.3) is 0 Å². The van der Waals surface area contributed by atoms with Crippen molar-refractivity contribution in [1.82, 2.24) is 10.6 Å². The third kappa shape index (κ3) is 3.84. The number of hydrogen-bond donors (Lipinski definition) is 3. The SMILES string of the molecule is O=C(O)CS[C@@H]1NC(=O)[C@H]1NC(c1ccccc1)(c1ccccc1)c1ccccc1. The van der Waals surface area contributed by atoms with Crippen LogP contribution in [0.4, 0.5) is 0 Å². The molecule has 4 rings (SSSR count). The third-order valence-corrected chi connectivity index (χ3v) is 6.41. The topological polar surface area (TPSA) is 78.4 Å². The lowest BCUT2D eigenvalue weighted by Gasteiger charge is -2.45. The molecule has 1 heterocycles. The van der Waals surface area contributed by atoms with E-state index in [9.17, 15) is 9.59 Å². The lowest BCUT2D eigenvalue weighted by atomic mass is 9.76. The Bertz CT molecular complexity index is 916. The standard InChI is InChI=1S/C24H22N2O3S/c27-20(28)16-30-23-21(22(29)25-23)26-24(17-10-4-1-5-11-17,18-12-6-2-7-13-18)19-14-8-3-9-15-19/h1-15,21,23,26H,16H2,(H,25,29)(H,27,28)/t21-,23+/m1/s1. The van der Waals surface area contributed by atoms with Crippen molar-refractivity contribution in [3.05, 3.63) is 108 Å². The first-order valence-corrected chi connectivity index (χ1v) is 10.7. The fourth-order valence-corrected chi connectivity index (χ4v) is 4.75. The molecule has 3 aromatic carbocycles. The average Bonchev–Trinajstić information content (AvgIpc) is 2.79. The second-order valence-electron chi connectivity index (χ2n) is 7.10. The number of rotatable bonds is 8. The Morgan fingerprint density at radius 2 is 1.30 bits per heavy atom. The van der Waals surface area contributed by atoms with Crippen LogP contribution >= 0.6 is 11.8 Å². The normalized spacial score (nSPS) is 18.3. The van der Waals surface area contributed by atoms with Crippen molar-refractivity contribution in [3.63, 3.8) is 0 Å². The number of nitrogens with one attached hydrogen (secondary N) is 2. The summed E-state index contributed by atoms with van der Waals surface area (Å²) < 4.78 is 0. The van der Waals surface area contributed by atoms with Gasteiger partial charge in [0.25, 0.3) is 0 Å². The first kappa shape index (κ1) is 20.2. The quantitative estimate of drug-likeness (QED) is 0.387. The first-order chi connectivity index (χ1) is 14.6. The Hall–Kier alpha value is -3.09. The Kier molecular flexibility index (Phi) is 5.88. The molecule has 1 amide bonds. The van der Waals surface area contributed by atoms with E-state index in [1.807, 2.05) is 91.0 Å². The highest BCUT2D eigenvalue weighted by atomic mass is 32.2. The minimum absolute atomic E-state index is 0.0713. The number of carbonyl (C=O) groups excluding carboxylic acids is 1. The molecule has 3 aromatic rings. The number of carboxylic acid groups (broad SMARTS) is 1. The van der Waals surface area contributed by atoms with Gasteiger partial charge in [-0.1, -0.05) is 91.0 Å². The number of hydrogen-bond acceptors (Lipinski definition) is 4. The van der Waals surface area contributed by atoms with E-state index in [2.05, 4.69) is 10.6 Å². The van der Waals surface area contributed by atoms with Crippen LogP contribution in [0.5, 0.6) is 0 Å². The van der Waals surface area contributed by atoms with E-state index in [4.69, 9.17) is 5.11 Å². The minimum atomic E-state index is -0.902. The predicted molar refractivity (Wildman–Crippen MR) is 118 cm³/mol. The molecule has 0 aromatic heterocycles. The second-order valence-corrected chi connectivity index (χ2v) is 8.23. The van der Waals surface area contributed by atoms with Crippen molar-refractivity contribution in [2.45, 2.75) is 17.0 Å². The molecule has 0 aliphatic carbocycles. The zero-order chi connectivity index (χ0) is 21.0. The van der Waals surface area contributed by atoms with Crippen LogP contribution in [0.3, 0.4) is 0 Å². The minimum Gasteiger partial charge on any atom is -0.481 e. The fourth-order valence-electron chi connectivity index (χ4n) is 3.84. The summed E-state index contributed by atoms with van der Waals surface area (Å²) in [5, 5.41) is 15.2. The van der Waals surface area contributed by atoms with Crippen LogP contribution in [0, 0.1) is 0 Å². The molecule has 3 N–H and O–H groups in total. The summed E-state index contributed by atoms with van der Waals surface area (Å²) >= 11 is 1.22. The highest BCUT2D eigenvalue weighted by Crippen LogP contribution is 2.38. The van der Waals surface area contributed by atoms with Gasteiger partial charge in [0, 0.05) is 0 Å². The van der Waals surface area contributed by atoms with Gasteiger partial charge in [0.15, 0.2) is 0 Å². The van der Waals surface area contributed by atoms with Crippen molar-refractivity contribution in [2.75, 3.05) is 5.75 Å². The van der Waals surface area contributed by atoms with Gasteiger partial charge in [-0.3, -0.25) is 14.9 Å². The van der Waals surface area contributed by atoms with Crippen LogP contribution < -0.4 is 10.6 Å². The van der Waals surface area contributed by atoms with Crippen molar-refractivity contribution in [2.24, 2.45) is 0 Å². The summed E-state index contributed by atoms with van der Waals surface area (Å²) in [6.45, 7) is 0. The molecule has 1 aliphatic rings. The summed E-state index contributed by atoms with van der Waals surface area (Å²) in [6.07, 6.45) is 0. The largest absolute Gasteiger partial charge is 0.481 e. The molecular weight excluding hydrogens is 396 g/mol. The Labute approximate surface area is 179 Å². The Morgan fingerprint density at radius 3 is 1.67 bits per heavy atom. The molecule has 1 saturated heterocycles. The number of amides is 1. The molecule has 6 heteroatoms. The molecule has 1 fully saturated rings. The number of aliphatic carboxylic acids is 1. The van der Waals surface area contributed by atoms with Crippen LogP contribution in [0.15, 0.2) is 91.0 Å². The number of β-lactam (4-membered cyclic amide) rings is 1. The summed E-state index contributed by atoms with van der Waals surface area (Å²) in [7, 11) is 0. The van der Waals surface area contributed by atoms with Gasteiger partial charge >= 0.3 is 5.97 Å². The van der Waals surface area contributed by atoms with Crippen LogP contribution in [0.2, 0.25) is 0 Å². The van der Waals surface area contributed by atoms with Gasteiger partial charge in [-0.05, 0) is 16.7 Å². The summed E-state index contributed by atoms with van der Waals surface area (Å²) in [4.78, 5) is 23.6. The molecule has 152 valence electrons. The lowest BCUT2D eigenvalue weighted by molar-refractivity contribution is -0.134. The average molecular weight is 419 g/mol. The number of benzene rings is 3. The van der Waals surface area contributed by atoms with E-state index in [0.29, 0.717) is 0 Å². The van der Waals surface area contributed by atoms with Crippen LogP contribution in [-0.2, 0) is 15.1 Å². The molecule has 0 bridgehead atoms. The van der Waals surface area contributed by atoms with Crippen molar-refractivity contribution in [3.8, 4) is 0 Å². The Morgan fingerprint density at radius 1 is 0.867 bits per heavy atom. The van der Waals surface area contributed by atoms with E-state index >= 15 is 0 Å². The molecule has 0 saturated carbocycles. The van der Waals surface area contributed by atoms with E-state index in [0.717, 1.165) is 16.7 Å². The monoisotopic (exact) mass is 418 g/mol. The zero-order valence-corrected chi connectivity index (χ0v) is 17.0. The van der Waals surface area contributed by atoms with Gasteiger partial charge in [0.1, 0.15) is 6.04 Å². The highest BCUT2D eigenvalue weighted by Gasteiger charge is 2.47. The fraction of sp³-hybridized carbons (Fsp3) is 0.167. The smallest absolute Gasteiger partial charge is 0.313 e. The van der Waals surface area contributed by atoms with Crippen molar-refractivity contribution < 1.29 is 14.7 Å². The van der Waals surface area contributed by atoms with E-state index in [1.54, 1.807) is 0 Å². The van der Waals surface area contributed by atoms with Gasteiger partial charge in [-0.15, -0.1) is 11.8 Å².